The van der Waals surface area contributed by atoms with Crippen LogP contribution < -0.4 is 10.2 Å². The first-order chi connectivity index (χ1) is 15.4. The van der Waals surface area contributed by atoms with Gasteiger partial charge in [-0.25, -0.2) is 4.79 Å². The summed E-state index contributed by atoms with van der Waals surface area (Å²) in [4.78, 5) is 32.2. The maximum atomic E-state index is 12.9. The van der Waals surface area contributed by atoms with E-state index < -0.39 is 12.1 Å². The molecule has 0 aliphatic carbocycles. The van der Waals surface area contributed by atoms with E-state index >= 15 is 0 Å². The van der Waals surface area contributed by atoms with Gasteiger partial charge in [0.05, 0.1) is 24.3 Å². The van der Waals surface area contributed by atoms with E-state index in [1.807, 2.05) is 56.3 Å². The first kappa shape index (κ1) is 21.8. The molecule has 7 nitrogen and oxygen atoms in total. The molecule has 1 amide bonds. The number of ether oxygens (including phenoxy) is 2. The van der Waals surface area contributed by atoms with E-state index in [1.54, 1.807) is 13.0 Å². The molecule has 2 aromatic carbocycles. The van der Waals surface area contributed by atoms with Crippen molar-refractivity contribution >= 4 is 34.2 Å². The number of carbonyl (C=O) groups excluding carboxylic acids is 2. The summed E-state index contributed by atoms with van der Waals surface area (Å²) in [7, 11) is 0. The Bertz CT molecular complexity index is 1140. The van der Waals surface area contributed by atoms with Crippen LogP contribution in [0.2, 0.25) is 0 Å². The second-order valence-corrected chi connectivity index (χ2v) is 8.01. The number of morpholine rings is 1. The molecule has 2 heterocycles. The molecule has 0 spiro atoms. The molecule has 1 aliphatic heterocycles. The standard InChI is InChI=1S/C25H27N3O4/c1-16-4-9-23-21(14-16)22(15-17(2)26-23)25(30)32-18(3)24(29)27-19-5-7-20(8-6-19)28-10-12-31-13-11-28/h4-9,14-15,18H,10-13H2,1-3H3,(H,27,29)/t18-/m1/s1. The van der Waals surface area contributed by atoms with Gasteiger partial charge in [0.15, 0.2) is 6.10 Å². The van der Waals surface area contributed by atoms with Gasteiger partial charge in [0.1, 0.15) is 0 Å². The zero-order valence-corrected chi connectivity index (χ0v) is 18.6. The molecule has 1 fully saturated rings. The van der Waals surface area contributed by atoms with Gasteiger partial charge in [0.25, 0.3) is 5.91 Å². The lowest BCUT2D eigenvalue weighted by Gasteiger charge is -2.28. The maximum Gasteiger partial charge on any atom is 0.339 e. The van der Waals surface area contributed by atoms with Crippen LogP contribution in [0.25, 0.3) is 10.9 Å². The zero-order valence-electron chi connectivity index (χ0n) is 18.6. The zero-order chi connectivity index (χ0) is 22.7. The molecular weight excluding hydrogens is 406 g/mol. The summed E-state index contributed by atoms with van der Waals surface area (Å²) in [6.07, 6.45) is -0.949. The van der Waals surface area contributed by atoms with Crippen LogP contribution in [0.15, 0.2) is 48.5 Å². The molecule has 1 aromatic heterocycles. The maximum absolute atomic E-state index is 12.9. The number of nitrogens with one attached hydrogen (secondary N) is 1. The van der Waals surface area contributed by atoms with Crippen molar-refractivity contribution in [2.45, 2.75) is 26.9 Å². The van der Waals surface area contributed by atoms with Gasteiger partial charge in [-0.05, 0) is 63.2 Å². The van der Waals surface area contributed by atoms with Crippen molar-refractivity contribution in [2.24, 2.45) is 0 Å². The third-order valence-corrected chi connectivity index (χ3v) is 5.48. The van der Waals surface area contributed by atoms with Crippen LogP contribution in [0.4, 0.5) is 11.4 Å². The number of hydrogen-bond donors (Lipinski definition) is 1. The molecule has 4 rings (SSSR count). The van der Waals surface area contributed by atoms with Crippen LogP contribution >= 0.6 is 0 Å². The minimum absolute atomic E-state index is 0.385. The average molecular weight is 434 g/mol. The molecule has 1 aliphatic rings. The number of hydrogen-bond acceptors (Lipinski definition) is 6. The Labute approximate surface area is 187 Å². The van der Waals surface area contributed by atoms with Gasteiger partial charge >= 0.3 is 5.97 Å². The molecule has 0 bridgehead atoms. The molecular formula is C25H27N3O4. The van der Waals surface area contributed by atoms with E-state index in [9.17, 15) is 9.59 Å². The molecule has 7 heteroatoms. The van der Waals surface area contributed by atoms with Gasteiger partial charge in [-0.15, -0.1) is 0 Å². The number of nitrogens with zero attached hydrogens (tertiary/aromatic N) is 2. The summed E-state index contributed by atoms with van der Waals surface area (Å²) in [5, 5.41) is 3.53. The fourth-order valence-electron chi connectivity index (χ4n) is 3.74. The van der Waals surface area contributed by atoms with Gasteiger partial charge < -0.3 is 19.7 Å². The van der Waals surface area contributed by atoms with Crippen LogP contribution in [-0.4, -0.2) is 49.3 Å². The van der Waals surface area contributed by atoms with Crippen LogP contribution in [0, 0.1) is 13.8 Å². The quantitative estimate of drug-likeness (QED) is 0.615. The lowest BCUT2D eigenvalue weighted by atomic mass is 10.1. The Balaban J connectivity index is 1.42. The monoisotopic (exact) mass is 433 g/mol. The first-order valence-electron chi connectivity index (χ1n) is 10.7. The third-order valence-electron chi connectivity index (χ3n) is 5.48. The molecule has 0 saturated carbocycles. The number of aryl methyl sites for hydroxylation is 2. The van der Waals surface area contributed by atoms with Gasteiger partial charge in [-0.1, -0.05) is 11.6 Å². The van der Waals surface area contributed by atoms with Crippen molar-refractivity contribution in [2.75, 3.05) is 36.5 Å². The molecule has 0 unspecified atom stereocenters. The number of benzene rings is 2. The van der Waals surface area contributed by atoms with E-state index in [4.69, 9.17) is 9.47 Å². The SMILES string of the molecule is Cc1ccc2nc(C)cc(C(=O)O[C@H](C)C(=O)Nc3ccc(N4CCOCC4)cc3)c2c1. The summed E-state index contributed by atoms with van der Waals surface area (Å²) < 4.78 is 10.9. The van der Waals surface area contributed by atoms with Crippen LogP contribution in [-0.2, 0) is 14.3 Å². The average Bonchev–Trinajstić information content (AvgIpc) is 2.79. The van der Waals surface area contributed by atoms with Gasteiger partial charge in [0.2, 0.25) is 0 Å². The number of esters is 1. The number of rotatable bonds is 5. The second kappa shape index (κ2) is 9.36. The highest BCUT2D eigenvalue weighted by atomic mass is 16.5. The fourth-order valence-corrected chi connectivity index (χ4v) is 3.74. The first-order valence-corrected chi connectivity index (χ1v) is 10.7. The lowest BCUT2D eigenvalue weighted by Crippen LogP contribution is -2.36. The van der Waals surface area contributed by atoms with E-state index in [0.29, 0.717) is 35.5 Å². The third kappa shape index (κ3) is 4.89. The molecule has 32 heavy (non-hydrogen) atoms. The van der Waals surface area contributed by atoms with Gasteiger partial charge in [0, 0.05) is 35.5 Å². The summed E-state index contributed by atoms with van der Waals surface area (Å²) in [5.41, 5.74) is 4.59. The van der Waals surface area contributed by atoms with Crippen LogP contribution in [0.1, 0.15) is 28.5 Å². The topological polar surface area (TPSA) is 80.8 Å². The van der Waals surface area contributed by atoms with Gasteiger partial charge in [-0.2, -0.15) is 0 Å². The Morgan fingerprint density at radius 3 is 2.50 bits per heavy atom. The van der Waals surface area contributed by atoms with Gasteiger partial charge in [-0.3, -0.25) is 9.78 Å². The molecule has 166 valence electrons. The molecule has 3 aromatic rings. The molecule has 1 saturated heterocycles. The van der Waals surface area contributed by atoms with Crippen molar-refractivity contribution in [3.8, 4) is 0 Å². The number of fused-ring (bicyclic) bond motifs is 1. The Hall–Kier alpha value is -3.45. The molecule has 1 N–H and O–H groups in total. The van der Waals surface area contributed by atoms with E-state index in [1.165, 1.54) is 0 Å². The predicted molar refractivity (Wildman–Crippen MR) is 124 cm³/mol. The number of pyridine rings is 1. The normalized spacial score (nSPS) is 14.8. The highest BCUT2D eigenvalue weighted by Crippen LogP contribution is 2.22. The minimum Gasteiger partial charge on any atom is -0.449 e. The van der Waals surface area contributed by atoms with Crippen molar-refractivity contribution in [3.63, 3.8) is 0 Å². The lowest BCUT2D eigenvalue weighted by molar-refractivity contribution is -0.123. The van der Waals surface area contributed by atoms with Crippen molar-refractivity contribution in [3.05, 3.63) is 65.4 Å². The number of anilines is 2. The second-order valence-electron chi connectivity index (χ2n) is 8.01. The summed E-state index contributed by atoms with van der Waals surface area (Å²) >= 11 is 0. The van der Waals surface area contributed by atoms with E-state index in [2.05, 4.69) is 15.2 Å². The van der Waals surface area contributed by atoms with E-state index in [0.717, 1.165) is 29.9 Å². The smallest absolute Gasteiger partial charge is 0.339 e. The molecule has 0 radical (unpaired) electrons. The summed E-state index contributed by atoms with van der Waals surface area (Å²) in [6, 6.07) is 15.0. The fraction of sp³-hybridized carbons (Fsp3) is 0.320. The van der Waals surface area contributed by atoms with Crippen molar-refractivity contribution in [1.29, 1.82) is 0 Å². The molecule has 1 atom stereocenters. The van der Waals surface area contributed by atoms with Crippen molar-refractivity contribution < 1.29 is 19.1 Å². The summed E-state index contributed by atoms with van der Waals surface area (Å²) in [5.74, 6) is -0.930. The van der Waals surface area contributed by atoms with E-state index in [-0.39, 0.29) is 5.91 Å². The Kier molecular flexibility index (Phi) is 6.37. The number of amides is 1. The number of carbonyl (C=O) groups is 2. The largest absolute Gasteiger partial charge is 0.449 e. The minimum atomic E-state index is -0.949. The predicted octanol–water partition coefficient (Wildman–Crippen LogP) is 3.87. The van der Waals surface area contributed by atoms with Crippen LogP contribution in [0.3, 0.4) is 0 Å². The summed E-state index contributed by atoms with van der Waals surface area (Å²) in [6.45, 7) is 8.47. The number of aromatic nitrogens is 1. The Morgan fingerprint density at radius 1 is 1.06 bits per heavy atom. The highest BCUT2D eigenvalue weighted by molar-refractivity contribution is 6.05. The van der Waals surface area contributed by atoms with Crippen LogP contribution in [0.5, 0.6) is 0 Å². The Morgan fingerprint density at radius 2 is 1.78 bits per heavy atom. The van der Waals surface area contributed by atoms with Crippen molar-refractivity contribution in [1.82, 2.24) is 4.98 Å². The highest BCUT2D eigenvalue weighted by Gasteiger charge is 2.21.